The summed E-state index contributed by atoms with van der Waals surface area (Å²) < 4.78 is 0. The van der Waals surface area contributed by atoms with Crippen molar-refractivity contribution in [2.75, 3.05) is 26.2 Å². The number of fused-ring (bicyclic) bond motifs is 1. The third kappa shape index (κ3) is 3.71. The average Bonchev–Trinajstić information content (AvgIpc) is 2.61. The topological polar surface area (TPSA) is 52.7 Å². The van der Waals surface area contributed by atoms with E-state index in [1.54, 1.807) is 16.7 Å². The highest BCUT2D eigenvalue weighted by Crippen LogP contribution is 2.24. The van der Waals surface area contributed by atoms with E-state index in [9.17, 15) is 9.59 Å². The summed E-state index contributed by atoms with van der Waals surface area (Å²) in [6.45, 7) is 6.05. The van der Waals surface area contributed by atoms with Crippen molar-refractivity contribution >= 4 is 11.9 Å². The van der Waals surface area contributed by atoms with Crippen molar-refractivity contribution in [3.05, 3.63) is 34.9 Å². The number of hydrogen-bond acceptors (Lipinski definition) is 2. The summed E-state index contributed by atoms with van der Waals surface area (Å²) in [6.07, 6.45) is 4.87. The molecule has 24 heavy (non-hydrogen) atoms. The van der Waals surface area contributed by atoms with Gasteiger partial charge in [-0.25, -0.2) is 4.79 Å². The Morgan fingerprint density at radius 2 is 1.62 bits per heavy atom. The van der Waals surface area contributed by atoms with Gasteiger partial charge in [0.05, 0.1) is 6.04 Å². The molecule has 1 heterocycles. The molecule has 1 N–H and O–H groups in total. The molecule has 1 saturated heterocycles. The first-order chi connectivity index (χ1) is 11.5. The van der Waals surface area contributed by atoms with Crippen LogP contribution in [-0.4, -0.2) is 47.9 Å². The number of amides is 3. The number of nitrogens with one attached hydrogen (secondary N) is 1. The zero-order chi connectivity index (χ0) is 17.1. The van der Waals surface area contributed by atoms with E-state index in [1.807, 2.05) is 6.92 Å². The van der Waals surface area contributed by atoms with Crippen LogP contribution in [0.5, 0.6) is 0 Å². The van der Waals surface area contributed by atoms with Crippen LogP contribution in [0.4, 0.5) is 4.79 Å². The molecule has 1 aromatic rings. The number of piperazine rings is 1. The number of aryl methyl sites for hydroxylation is 2. The molecule has 130 valence electrons. The van der Waals surface area contributed by atoms with Crippen molar-refractivity contribution in [2.24, 2.45) is 0 Å². The number of carbonyl (C=O) groups excluding carboxylic acids is 2. The molecule has 1 atom stereocenters. The molecule has 0 aromatic heterocycles. The third-order valence-electron chi connectivity index (χ3n) is 5.22. The predicted octanol–water partition coefficient (Wildman–Crippen LogP) is 2.50. The van der Waals surface area contributed by atoms with E-state index in [1.165, 1.54) is 36.0 Å². The SMILES string of the molecule is CC(=O)N1CCN(C(=O)N[C@@H](C)c2ccc3c(c2)CCCC3)CC1. The molecular weight excluding hydrogens is 302 g/mol. The third-order valence-corrected chi connectivity index (χ3v) is 5.22. The molecule has 1 aromatic carbocycles. The van der Waals surface area contributed by atoms with Crippen molar-refractivity contribution in [1.29, 1.82) is 0 Å². The number of rotatable bonds is 2. The van der Waals surface area contributed by atoms with Crippen LogP contribution in [0.1, 0.15) is 49.4 Å². The van der Waals surface area contributed by atoms with Gasteiger partial charge in [-0.2, -0.15) is 0 Å². The number of benzene rings is 1. The van der Waals surface area contributed by atoms with Crippen LogP contribution < -0.4 is 5.32 Å². The molecule has 5 nitrogen and oxygen atoms in total. The minimum Gasteiger partial charge on any atom is -0.339 e. The standard InChI is InChI=1S/C19H27N3O2/c1-14(17-8-7-16-5-3-4-6-18(16)13-17)20-19(24)22-11-9-21(10-12-22)15(2)23/h7-8,13-14H,3-6,9-12H2,1-2H3,(H,20,24)/t14-/m0/s1. The number of carbonyl (C=O) groups is 2. The van der Waals surface area contributed by atoms with Crippen molar-refractivity contribution in [3.8, 4) is 0 Å². The Balaban J connectivity index is 1.57. The van der Waals surface area contributed by atoms with E-state index < -0.39 is 0 Å². The van der Waals surface area contributed by atoms with E-state index >= 15 is 0 Å². The number of urea groups is 1. The van der Waals surface area contributed by atoms with Crippen molar-refractivity contribution in [2.45, 2.75) is 45.6 Å². The first kappa shape index (κ1) is 16.8. The van der Waals surface area contributed by atoms with Gasteiger partial charge in [0, 0.05) is 33.1 Å². The van der Waals surface area contributed by atoms with Crippen LogP contribution >= 0.6 is 0 Å². The summed E-state index contributed by atoms with van der Waals surface area (Å²) in [7, 11) is 0. The highest BCUT2D eigenvalue weighted by atomic mass is 16.2. The van der Waals surface area contributed by atoms with Gasteiger partial charge in [-0.15, -0.1) is 0 Å². The Bertz CT molecular complexity index is 621. The largest absolute Gasteiger partial charge is 0.339 e. The predicted molar refractivity (Wildman–Crippen MR) is 93.9 cm³/mol. The van der Waals surface area contributed by atoms with Gasteiger partial charge in [0.1, 0.15) is 0 Å². The minimum absolute atomic E-state index is 0.00411. The van der Waals surface area contributed by atoms with Crippen molar-refractivity contribution in [3.63, 3.8) is 0 Å². The Kier molecular flexibility index (Phi) is 5.07. The number of nitrogens with zero attached hydrogens (tertiary/aromatic N) is 2. The lowest BCUT2D eigenvalue weighted by atomic mass is 9.89. The highest BCUT2D eigenvalue weighted by molar-refractivity contribution is 5.76. The molecule has 1 aliphatic heterocycles. The molecule has 5 heteroatoms. The second kappa shape index (κ2) is 7.24. The summed E-state index contributed by atoms with van der Waals surface area (Å²) in [5, 5.41) is 3.10. The monoisotopic (exact) mass is 329 g/mol. The van der Waals surface area contributed by atoms with Crippen LogP contribution in [0, 0.1) is 0 Å². The highest BCUT2D eigenvalue weighted by Gasteiger charge is 2.23. The lowest BCUT2D eigenvalue weighted by Gasteiger charge is -2.34. The second-order valence-corrected chi connectivity index (χ2v) is 6.90. The molecular formula is C19H27N3O2. The van der Waals surface area contributed by atoms with E-state index in [-0.39, 0.29) is 18.0 Å². The molecule has 3 amide bonds. The Morgan fingerprint density at radius 1 is 1.00 bits per heavy atom. The summed E-state index contributed by atoms with van der Waals surface area (Å²) >= 11 is 0. The fourth-order valence-electron chi connectivity index (χ4n) is 3.61. The summed E-state index contributed by atoms with van der Waals surface area (Å²) in [5.41, 5.74) is 4.07. The molecule has 1 fully saturated rings. The Morgan fingerprint density at radius 3 is 2.29 bits per heavy atom. The van der Waals surface area contributed by atoms with Gasteiger partial charge in [0.2, 0.25) is 5.91 Å². The molecule has 0 bridgehead atoms. The summed E-state index contributed by atoms with van der Waals surface area (Å²) in [5.74, 6) is 0.0810. The quantitative estimate of drug-likeness (QED) is 0.906. The fraction of sp³-hybridized carbons (Fsp3) is 0.579. The van der Waals surface area contributed by atoms with Gasteiger partial charge in [-0.1, -0.05) is 18.2 Å². The van der Waals surface area contributed by atoms with E-state index in [0.29, 0.717) is 26.2 Å². The molecule has 3 rings (SSSR count). The number of hydrogen-bond donors (Lipinski definition) is 1. The van der Waals surface area contributed by atoms with Gasteiger partial charge < -0.3 is 15.1 Å². The molecule has 0 saturated carbocycles. The van der Waals surface area contributed by atoms with E-state index in [2.05, 4.69) is 23.5 Å². The van der Waals surface area contributed by atoms with Crippen LogP contribution in [-0.2, 0) is 17.6 Å². The van der Waals surface area contributed by atoms with Crippen LogP contribution in [0.2, 0.25) is 0 Å². The van der Waals surface area contributed by atoms with Gasteiger partial charge >= 0.3 is 6.03 Å². The summed E-state index contributed by atoms with van der Waals surface area (Å²) in [4.78, 5) is 27.4. The maximum absolute atomic E-state index is 12.5. The maximum Gasteiger partial charge on any atom is 0.317 e. The molecule has 0 radical (unpaired) electrons. The van der Waals surface area contributed by atoms with Crippen LogP contribution in [0.15, 0.2) is 18.2 Å². The molecule has 2 aliphatic rings. The van der Waals surface area contributed by atoms with E-state index in [0.717, 1.165) is 6.42 Å². The Labute approximate surface area is 144 Å². The van der Waals surface area contributed by atoms with Crippen LogP contribution in [0.25, 0.3) is 0 Å². The smallest absolute Gasteiger partial charge is 0.317 e. The second-order valence-electron chi connectivity index (χ2n) is 6.90. The zero-order valence-electron chi connectivity index (χ0n) is 14.7. The molecule has 1 aliphatic carbocycles. The summed E-state index contributed by atoms with van der Waals surface area (Å²) in [6, 6.07) is 6.58. The first-order valence-electron chi connectivity index (χ1n) is 8.97. The molecule has 0 unspecified atom stereocenters. The van der Waals surface area contributed by atoms with Crippen LogP contribution in [0.3, 0.4) is 0 Å². The lowest BCUT2D eigenvalue weighted by molar-refractivity contribution is -0.130. The normalized spacial score (nSPS) is 18.8. The maximum atomic E-state index is 12.5. The average molecular weight is 329 g/mol. The van der Waals surface area contributed by atoms with Gasteiger partial charge in [0.25, 0.3) is 0 Å². The van der Waals surface area contributed by atoms with Gasteiger partial charge in [-0.05, 0) is 49.3 Å². The van der Waals surface area contributed by atoms with Gasteiger partial charge in [-0.3, -0.25) is 4.79 Å². The lowest BCUT2D eigenvalue weighted by Crippen LogP contribution is -2.53. The minimum atomic E-state index is -0.0385. The molecule has 0 spiro atoms. The Hall–Kier alpha value is -2.04. The van der Waals surface area contributed by atoms with E-state index in [4.69, 9.17) is 0 Å². The van der Waals surface area contributed by atoms with Crippen molar-refractivity contribution in [1.82, 2.24) is 15.1 Å². The first-order valence-corrected chi connectivity index (χ1v) is 8.97. The zero-order valence-corrected chi connectivity index (χ0v) is 14.7. The van der Waals surface area contributed by atoms with Crippen molar-refractivity contribution < 1.29 is 9.59 Å². The fourth-order valence-corrected chi connectivity index (χ4v) is 3.61. The van der Waals surface area contributed by atoms with Gasteiger partial charge in [0.15, 0.2) is 0 Å².